The fourth-order valence-electron chi connectivity index (χ4n) is 3.47. The van der Waals surface area contributed by atoms with Gasteiger partial charge < -0.3 is 4.90 Å². The van der Waals surface area contributed by atoms with Gasteiger partial charge in [0.15, 0.2) is 5.69 Å². The van der Waals surface area contributed by atoms with Gasteiger partial charge >= 0.3 is 6.18 Å². The van der Waals surface area contributed by atoms with Crippen LogP contribution in [0.5, 0.6) is 0 Å². The summed E-state index contributed by atoms with van der Waals surface area (Å²) in [6.07, 6.45) is -3.16. The van der Waals surface area contributed by atoms with Gasteiger partial charge in [0.2, 0.25) is 0 Å². The van der Waals surface area contributed by atoms with Crippen LogP contribution in [0.25, 0.3) is 0 Å². The highest BCUT2D eigenvalue weighted by Crippen LogP contribution is 2.27. The molecule has 0 atom stereocenters. The van der Waals surface area contributed by atoms with Crippen LogP contribution in [0.3, 0.4) is 0 Å². The molecule has 30 heavy (non-hydrogen) atoms. The zero-order valence-electron chi connectivity index (χ0n) is 16.2. The van der Waals surface area contributed by atoms with Gasteiger partial charge in [0.05, 0.1) is 11.4 Å². The second-order valence-electron chi connectivity index (χ2n) is 7.27. The number of halogens is 3. The fraction of sp³-hybridized carbons (Fsp3) is 0.333. The van der Waals surface area contributed by atoms with E-state index in [1.54, 1.807) is 11.4 Å². The van der Waals surface area contributed by atoms with Crippen molar-refractivity contribution < 1.29 is 18.0 Å². The Kier molecular flexibility index (Phi) is 5.92. The van der Waals surface area contributed by atoms with E-state index >= 15 is 0 Å². The minimum absolute atomic E-state index is 0.0259. The Morgan fingerprint density at radius 3 is 2.40 bits per heavy atom. The molecule has 0 unspecified atom stereocenters. The summed E-state index contributed by atoms with van der Waals surface area (Å²) in [5.41, 5.74) is 1.11. The molecule has 2 aromatic heterocycles. The van der Waals surface area contributed by atoms with Crippen LogP contribution in [0.15, 0.2) is 54.0 Å². The van der Waals surface area contributed by atoms with Gasteiger partial charge in [-0.3, -0.25) is 14.4 Å². The normalized spacial score (nSPS) is 15.5. The van der Waals surface area contributed by atoms with Crippen molar-refractivity contribution in [2.75, 3.05) is 26.2 Å². The molecule has 0 radical (unpaired) electrons. The van der Waals surface area contributed by atoms with E-state index in [0.29, 0.717) is 18.0 Å². The molecule has 1 amide bonds. The molecule has 4 rings (SSSR count). The largest absolute Gasteiger partial charge is 0.435 e. The van der Waals surface area contributed by atoms with Gasteiger partial charge in [0.1, 0.15) is 0 Å². The van der Waals surface area contributed by atoms with Crippen molar-refractivity contribution in [3.63, 3.8) is 0 Å². The number of piperazine rings is 1. The molecule has 3 aromatic rings. The van der Waals surface area contributed by atoms with Gasteiger partial charge in [0.25, 0.3) is 5.91 Å². The fourth-order valence-corrected chi connectivity index (χ4v) is 4.34. The summed E-state index contributed by atoms with van der Waals surface area (Å²) in [6, 6.07) is 12.9. The number of carbonyl (C=O) groups excluding carboxylic acids is 1. The summed E-state index contributed by atoms with van der Waals surface area (Å²) in [4.78, 5) is 17.6. The van der Waals surface area contributed by atoms with Crippen LogP contribution in [0.4, 0.5) is 13.2 Å². The van der Waals surface area contributed by atoms with Gasteiger partial charge in [-0.1, -0.05) is 30.3 Å². The van der Waals surface area contributed by atoms with Crippen LogP contribution >= 0.6 is 11.3 Å². The monoisotopic (exact) mass is 434 g/mol. The summed E-state index contributed by atoms with van der Waals surface area (Å²) in [5.74, 6) is -0.0259. The molecule has 1 saturated heterocycles. The van der Waals surface area contributed by atoms with E-state index in [1.807, 2.05) is 23.1 Å². The number of benzene rings is 1. The summed E-state index contributed by atoms with van der Waals surface area (Å²) in [5, 5.41) is 5.36. The number of alkyl halides is 3. The lowest BCUT2D eigenvalue weighted by molar-refractivity contribution is -0.141. The first-order valence-electron chi connectivity index (χ1n) is 9.62. The third kappa shape index (κ3) is 4.91. The van der Waals surface area contributed by atoms with E-state index in [4.69, 9.17) is 0 Å². The van der Waals surface area contributed by atoms with Crippen molar-refractivity contribution in [1.29, 1.82) is 0 Å². The predicted molar refractivity (Wildman–Crippen MR) is 108 cm³/mol. The molecule has 1 aliphatic rings. The van der Waals surface area contributed by atoms with Crippen LogP contribution in [0.2, 0.25) is 0 Å². The molecular weight excluding hydrogens is 413 g/mol. The highest BCUT2D eigenvalue weighted by molar-refractivity contribution is 7.12. The van der Waals surface area contributed by atoms with Crippen molar-refractivity contribution in [2.45, 2.75) is 19.3 Å². The SMILES string of the molecule is O=C(c1cc(Cn2ccc(C(F)(F)F)n2)cs1)N1CCN(Cc2ccccc2)CC1. The lowest BCUT2D eigenvalue weighted by Gasteiger charge is -2.34. The van der Waals surface area contributed by atoms with Crippen LogP contribution in [-0.4, -0.2) is 51.7 Å². The summed E-state index contributed by atoms with van der Waals surface area (Å²) >= 11 is 1.32. The maximum atomic E-state index is 12.8. The van der Waals surface area contributed by atoms with Gasteiger partial charge in [-0.2, -0.15) is 18.3 Å². The Morgan fingerprint density at radius 1 is 1.00 bits per heavy atom. The zero-order valence-corrected chi connectivity index (χ0v) is 17.0. The molecule has 9 heteroatoms. The second kappa shape index (κ2) is 8.61. The Morgan fingerprint density at radius 2 is 1.73 bits per heavy atom. The molecule has 158 valence electrons. The molecule has 0 bridgehead atoms. The minimum Gasteiger partial charge on any atom is -0.335 e. The van der Waals surface area contributed by atoms with E-state index in [1.165, 1.54) is 27.8 Å². The van der Waals surface area contributed by atoms with E-state index in [-0.39, 0.29) is 12.5 Å². The number of thiophene rings is 1. The van der Waals surface area contributed by atoms with Gasteiger partial charge in [-0.05, 0) is 28.6 Å². The van der Waals surface area contributed by atoms with Crippen molar-refractivity contribution in [3.8, 4) is 0 Å². The van der Waals surface area contributed by atoms with Crippen molar-refractivity contribution in [3.05, 3.63) is 75.7 Å². The summed E-state index contributed by atoms with van der Waals surface area (Å²) < 4.78 is 39.3. The highest BCUT2D eigenvalue weighted by Gasteiger charge is 2.33. The van der Waals surface area contributed by atoms with E-state index < -0.39 is 11.9 Å². The van der Waals surface area contributed by atoms with E-state index in [2.05, 4.69) is 22.1 Å². The van der Waals surface area contributed by atoms with Crippen molar-refractivity contribution in [1.82, 2.24) is 19.6 Å². The maximum Gasteiger partial charge on any atom is 0.435 e. The summed E-state index contributed by atoms with van der Waals surface area (Å²) in [7, 11) is 0. The summed E-state index contributed by atoms with van der Waals surface area (Å²) in [6.45, 7) is 4.01. The number of aromatic nitrogens is 2. The molecule has 0 saturated carbocycles. The smallest absolute Gasteiger partial charge is 0.335 e. The second-order valence-corrected chi connectivity index (χ2v) is 8.18. The minimum atomic E-state index is -4.45. The molecule has 0 N–H and O–H groups in total. The Labute approximate surface area is 176 Å². The first-order valence-corrected chi connectivity index (χ1v) is 10.5. The first kappa shape index (κ1) is 20.6. The van der Waals surface area contributed by atoms with Crippen LogP contribution in [-0.2, 0) is 19.3 Å². The highest BCUT2D eigenvalue weighted by atomic mass is 32.1. The van der Waals surface area contributed by atoms with Gasteiger partial charge in [-0.15, -0.1) is 11.3 Å². The zero-order chi connectivity index (χ0) is 21.1. The van der Waals surface area contributed by atoms with E-state index in [9.17, 15) is 18.0 Å². The molecule has 5 nitrogen and oxygen atoms in total. The first-order chi connectivity index (χ1) is 14.4. The Hall–Kier alpha value is -2.65. The molecule has 1 aromatic carbocycles. The number of hydrogen-bond donors (Lipinski definition) is 0. The van der Waals surface area contributed by atoms with E-state index in [0.717, 1.165) is 31.3 Å². The lowest BCUT2D eigenvalue weighted by Crippen LogP contribution is -2.48. The third-order valence-electron chi connectivity index (χ3n) is 5.05. The average molecular weight is 434 g/mol. The maximum absolute atomic E-state index is 12.8. The molecule has 0 spiro atoms. The van der Waals surface area contributed by atoms with Gasteiger partial charge in [0, 0.05) is 38.9 Å². The number of rotatable bonds is 5. The number of carbonyl (C=O) groups is 1. The quantitative estimate of drug-likeness (QED) is 0.610. The van der Waals surface area contributed by atoms with Crippen molar-refractivity contribution in [2.24, 2.45) is 0 Å². The number of amides is 1. The Bertz CT molecular complexity index is 991. The van der Waals surface area contributed by atoms with Crippen LogP contribution in [0.1, 0.15) is 26.5 Å². The third-order valence-corrected chi connectivity index (χ3v) is 6.02. The van der Waals surface area contributed by atoms with Crippen LogP contribution < -0.4 is 0 Å². The predicted octanol–water partition coefficient (Wildman–Crippen LogP) is 3.97. The van der Waals surface area contributed by atoms with Gasteiger partial charge in [-0.25, -0.2) is 0 Å². The molecule has 1 fully saturated rings. The lowest BCUT2D eigenvalue weighted by atomic mass is 10.2. The standard InChI is InChI=1S/C21H21F3N4OS/c22-21(23,24)19-6-7-28(25-19)14-17-12-18(30-15-17)20(29)27-10-8-26(9-11-27)13-16-4-2-1-3-5-16/h1-7,12,15H,8-11,13-14H2. The number of hydrogen-bond acceptors (Lipinski definition) is 4. The topological polar surface area (TPSA) is 41.4 Å². The average Bonchev–Trinajstić information content (AvgIpc) is 3.39. The molecular formula is C21H21F3N4OS. The number of nitrogens with zero attached hydrogens (tertiary/aromatic N) is 4. The van der Waals surface area contributed by atoms with Crippen LogP contribution in [0, 0.1) is 0 Å². The molecule has 1 aliphatic heterocycles. The molecule has 3 heterocycles. The Balaban J connectivity index is 1.31. The molecule has 0 aliphatic carbocycles. The van der Waals surface area contributed by atoms with Crippen molar-refractivity contribution >= 4 is 17.2 Å².